The van der Waals surface area contributed by atoms with E-state index in [2.05, 4.69) is 100 Å². The summed E-state index contributed by atoms with van der Waals surface area (Å²) in [6.07, 6.45) is 9.18. The summed E-state index contributed by atoms with van der Waals surface area (Å²) in [5.41, 5.74) is 10.4. The second-order valence-corrected chi connectivity index (χ2v) is 11.0. The first-order valence-corrected chi connectivity index (χ1v) is 14.0. The summed E-state index contributed by atoms with van der Waals surface area (Å²) >= 11 is 0. The second kappa shape index (κ2) is 8.84. The van der Waals surface area contributed by atoms with Gasteiger partial charge in [-0.15, -0.1) is 0 Å². The first kappa shape index (κ1) is 22.6. The normalized spacial score (nSPS) is 18.4. The zero-order chi connectivity index (χ0) is 25.9. The molecular formula is C36H29FN2. The monoisotopic (exact) mass is 508 g/mol. The van der Waals surface area contributed by atoms with Crippen LogP contribution in [0.3, 0.4) is 0 Å². The fraction of sp³-hybridized carbons (Fsp3) is 0.167. The molecule has 6 aromatic rings. The fourth-order valence-corrected chi connectivity index (χ4v) is 7.20. The molecule has 0 aliphatic heterocycles. The van der Waals surface area contributed by atoms with E-state index < -0.39 is 0 Å². The molecule has 0 N–H and O–H groups in total. The summed E-state index contributed by atoms with van der Waals surface area (Å²) in [6.45, 7) is 0. The summed E-state index contributed by atoms with van der Waals surface area (Å²) in [6, 6.07) is 35.2. The van der Waals surface area contributed by atoms with Crippen molar-refractivity contribution in [2.24, 2.45) is 11.8 Å². The van der Waals surface area contributed by atoms with Crippen LogP contribution in [0.15, 0.2) is 109 Å². The second-order valence-electron chi connectivity index (χ2n) is 11.0. The largest absolute Gasteiger partial charge is 0.313 e. The van der Waals surface area contributed by atoms with E-state index in [1.165, 1.54) is 56.4 Å². The number of nitrogens with zero attached hydrogens (tertiary/aromatic N) is 2. The Kier molecular flexibility index (Phi) is 5.12. The number of para-hydroxylation sites is 3. The van der Waals surface area contributed by atoms with E-state index in [9.17, 15) is 4.39 Å². The lowest BCUT2D eigenvalue weighted by molar-refractivity contribution is 0.344. The van der Waals surface area contributed by atoms with Crippen molar-refractivity contribution in [3.8, 4) is 11.4 Å². The molecule has 0 saturated heterocycles. The fourth-order valence-electron chi connectivity index (χ4n) is 7.20. The van der Waals surface area contributed by atoms with Crippen LogP contribution in [0.4, 0.5) is 4.39 Å². The molecule has 0 spiro atoms. The van der Waals surface area contributed by atoms with Crippen molar-refractivity contribution in [2.75, 3.05) is 0 Å². The minimum Gasteiger partial charge on any atom is -0.313 e. The van der Waals surface area contributed by atoms with Gasteiger partial charge in [0.15, 0.2) is 0 Å². The quantitative estimate of drug-likeness (QED) is 0.226. The van der Waals surface area contributed by atoms with Gasteiger partial charge in [0.1, 0.15) is 5.82 Å². The summed E-state index contributed by atoms with van der Waals surface area (Å²) in [5, 5.41) is 2.66. The van der Waals surface area contributed by atoms with Crippen LogP contribution < -0.4 is 0 Å². The molecule has 39 heavy (non-hydrogen) atoms. The number of hydrogen-bond donors (Lipinski definition) is 0. The van der Waals surface area contributed by atoms with E-state index in [0.29, 0.717) is 11.8 Å². The molecule has 0 saturated carbocycles. The molecular weight excluding hydrogens is 479 g/mol. The number of benzene rings is 4. The van der Waals surface area contributed by atoms with Gasteiger partial charge < -0.3 is 9.13 Å². The Morgan fingerprint density at radius 3 is 2.05 bits per heavy atom. The summed E-state index contributed by atoms with van der Waals surface area (Å²) in [5.74, 6) is 0.846. The van der Waals surface area contributed by atoms with Crippen LogP contribution in [0.5, 0.6) is 0 Å². The smallest absolute Gasteiger partial charge is 0.123 e. The first-order chi connectivity index (χ1) is 19.3. The zero-order valence-corrected chi connectivity index (χ0v) is 21.7. The van der Waals surface area contributed by atoms with Crippen LogP contribution in [0.2, 0.25) is 0 Å². The Morgan fingerprint density at radius 1 is 0.615 bits per heavy atom. The van der Waals surface area contributed by atoms with Crippen LogP contribution in [-0.2, 0) is 19.3 Å². The maximum Gasteiger partial charge on any atom is 0.123 e. The van der Waals surface area contributed by atoms with Gasteiger partial charge in [0, 0.05) is 39.1 Å². The van der Waals surface area contributed by atoms with Crippen LogP contribution in [-0.4, -0.2) is 9.13 Å². The average Bonchev–Trinajstić information content (AvgIpc) is 3.50. The molecule has 0 bridgehead atoms. The number of allylic oxidation sites excluding steroid dienone is 1. The lowest BCUT2D eigenvalue weighted by atomic mass is 9.74. The number of halogens is 1. The Labute approximate surface area is 227 Å². The number of aromatic nitrogens is 2. The topological polar surface area (TPSA) is 9.86 Å². The molecule has 8 rings (SSSR count). The Hall–Kier alpha value is -4.37. The minimum atomic E-state index is -0.200. The van der Waals surface area contributed by atoms with E-state index in [0.717, 1.165) is 24.9 Å². The Balaban J connectivity index is 1.19. The van der Waals surface area contributed by atoms with Crippen molar-refractivity contribution in [3.05, 3.63) is 138 Å². The molecule has 190 valence electrons. The molecule has 2 nitrogen and oxygen atoms in total. The lowest BCUT2D eigenvalue weighted by Gasteiger charge is -2.31. The van der Waals surface area contributed by atoms with Gasteiger partial charge in [-0.1, -0.05) is 66.7 Å². The maximum atomic E-state index is 13.8. The molecule has 2 aliphatic carbocycles. The molecule has 3 heteroatoms. The van der Waals surface area contributed by atoms with E-state index in [4.69, 9.17) is 0 Å². The van der Waals surface area contributed by atoms with Gasteiger partial charge >= 0.3 is 0 Å². The van der Waals surface area contributed by atoms with Crippen molar-refractivity contribution in [3.63, 3.8) is 0 Å². The van der Waals surface area contributed by atoms with Gasteiger partial charge in [0.05, 0.1) is 11.0 Å². The number of fused-ring (bicyclic) bond motifs is 6. The van der Waals surface area contributed by atoms with E-state index >= 15 is 0 Å². The number of hydrogen-bond acceptors (Lipinski definition) is 0. The van der Waals surface area contributed by atoms with Crippen molar-refractivity contribution in [1.29, 1.82) is 0 Å². The van der Waals surface area contributed by atoms with Gasteiger partial charge in [0.2, 0.25) is 0 Å². The van der Waals surface area contributed by atoms with E-state index in [1.54, 1.807) is 12.1 Å². The SMILES string of the molecule is Fc1ccc(-n2c3c(c4ccccc42)C=CC(C2CCc4c(c5ccccc5n4-c4ccccc4)C2)C3)cc1. The molecule has 2 heterocycles. The zero-order valence-electron chi connectivity index (χ0n) is 21.7. The molecule has 2 aliphatic rings. The summed E-state index contributed by atoms with van der Waals surface area (Å²) < 4.78 is 18.7. The Bertz CT molecular complexity index is 1870. The predicted molar refractivity (Wildman–Crippen MR) is 158 cm³/mol. The maximum absolute atomic E-state index is 13.8. The third-order valence-electron chi connectivity index (χ3n) is 8.97. The predicted octanol–water partition coefficient (Wildman–Crippen LogP) is 8.70. The summed E-state index contributed by atoms with van der Waals surface area (Å²) in [4.78, 5) is 0. The van der Waals surface area contributed by atoms with Gasteiger partial charge in [-0.25, -0.2) is 4.39 Å². The molecule has 2 aromatic heterocycles. The van der Waals surface area contributed by atoms with Crippen LogP contribution in [0.25, 0.3) is 39.3 Å². The molecule has 0 fully saturated rings. The van der Waals surface area contributed by atoms with Gasteiger partial charge in [-0.2, -0.15) is 0 Å². The minimum absolute atomic E-state index is 0.200. The van der Waals surface area contributed by atoms with Gasteiger partial charge in [-0.05, 0) is 91.6 Å². The third kappa shape index (κ3) is 3.53. The highest BCUT2D eigenvalue weighted by atomic mass is 19.1. The van der Waals surface area contributed by atoms with Crippen molar-refractivity contribution in [1.82, 2.24) is 9.13 Å². The molecule has 0 amide bonds. The lowest BCUT2D eigenvalue weighted by Crippen LogP contribution is -2.25. The first-order valence-electron chi connectivity index (χ1n) is 14.0. The highest BCUT2D eigenvalue weighted by molar-refractivity contribution is 5.93. The van der Waals surface area contributed by atoms with Gasteiger partial charge in [0.25, 0.3) is 0 Å². The van der Waals surface area contributed by atoms with E-state index in [-0.39, 0.29) is 5.82 Å². The third-order valence-corrected chi connectivity index (χ3v) is 8.97. The molecule has 0 radical (unpaired) electrons. The van der Waals surface area contributed by atoms with Crippen LogP contribution in [0.1, 0.15) is 28.9 Å². The highest BCUT2D eigenvalue weighted by Crippen LogP contribution is 2.43. The van der Waals surface area contributed by atoms with Gasteiger partial charge in [-0.3, -0.25) is 0 Å². The van der Waals surface area contributed by atoms with Crippen molar-refractivity contribution >= 4 is 27.9 Å². The number of rotatable bonds is 3. The van der Waals surface area contributed by atoms with Crippen molar-refractivity contribution < 1.29 is 4.39 Å². The van der Waals surface area contributed by atoms with E-state index in [1.807, 2.05) is 12.1 Å². The molecule has 4 aromatic carbocycles. The summed E-state index contributed by atoms with van der Waals surface area (Å²) in [7, 11) is 0. The van der Waals surface area contributed by atoms with Crippen LogP contribution >= 0.6 is 0 Å². The standard InChI is InChI=1S/C36H29FN2/c37-26-16-18-28(19-17-26)39-33-12-6-4-10-29(33)31-20-14-25(23-36(31)39)24-15-21-35-32(22-24)30-11-5-7-13-34(30)38(35)27-8-2-1-3-9-27/h1-14,16-20,24-25H,15,21-23H2. The molecule has 2 unspecified atom stereocenters. The Morgan fingerprint density at radius 2 is 1.26 bits per heavy atom. The molecule has 2 atom stereocenters. The average molecular weight is 509 g/mol. The highest BCUT2D eigenvalue weighted by Gasteiger charge is 2.32. The van der Waals surface area contributed by atoms with Crippen molar-refractivity contribution in [2.45, 2.75) is 25.7 Å². The van der Waals surface area contributed by atoms with Crippen LogP contribution in [0, 0.1) is 17.7 Å².